The first-order valence-corrected chi connectivity index (χ1v) is 5.77. The summed E-state index contributed by atoms with van der Waals surface area (Å²) in [6.45, 7) is 3.08. The first kappa shape index (κ1) is 13.0. The molecule has 7 nitrogen and oxygen atoms in total. The summed E-state index contributed by atoms with van der Waals surface area (Å²) < 4.78 is 0. The van der Waals surface area contributed by atoms with Gasteiger partial charge in [-0.2, -0.15) is 0 Å². The molecule has 0 aliphatic carbocycles. The Morgan fingerprint density at radius 1 is 1.53 bits per heavy atom. The van der Waals surface area contributed by atoms with Crippen LogP contribution in [0, 0.1) is 6.92 Å². The number of aromatic nitrogens is 1. The summed E-state index contributed by atoms with van der Waals surface area (Å²) in [6, 6.07) is 0.792. The average Bonchev–Trinajstić information content (AvgIpc) is 2.36. The molecule has 3 amide bonds. The summed E-state index contributed by atoms with van der Waals surface area (Å²) in [6.07, 6.45) is 1.45. The van der Waals surface area contributed by atoms with Crippen molar-refractivity contribution in [2.45, 2.75) is 19.9 Å². The molecule has 19 heavy (non-hydrogen) atoms. The summed E-state index contributed by atoms with van der Waals surface area (Å²) in [5.41, 5.74) is 6.77. The minimum Gasteiger partial charge on any atom is -0.397 e. The fourth-order valence-electron chi connectivity index (χ4n) is 1.88. The van der Waals surface area contributed by atoms with E-state index in [1.165, 1.54) is 17.2 Å². The van der Waals surface area contributed by atoms with Crippen molar-refractivity contribution in [3.05, 3.63) is 23.5 Å². The minimum absolute atomic E-state index is 0.153. The van der Waals surface area contributed by atoms with Gasteiger partial charge in [0.2, 0.25) is 11.8 Å². The molecule has 0 spiro atoms. The Labute approximate surface area is 109 Å². The number of piperazine rings is 1. The van der Waals surface area contributed by atoms with Gasteiger partial charge in [-0.05, 0) is 19.9 Å². The lowest BCUT2D eigenvalue weighted by atomic mass is 10.1. The lowest BCUT2D eigenvalue weighted by Gasteiger charge is -2.31. The number of aryl methyl sites for hydroxylation is 1. The molecule has 1 aliphatic rings. The van der Waals surface area contributed by atoms with Crippen molar-refractivity contribution in [3.63, 3.8) is 0 Å². The van der Waals surface area contributed by atoms with E-state index in [0.717, 1.165) is 0 Å². The number of imide groups is 1. The molecule has 1 saturated heterocycles. The molecule has 1 unspecified atom stereocenters. The molecule has 100 valence electrons. The molecule has 1 aliphatic heterocycles. The van der Waals surface area contributed by atoms with Gasteiger partial charge in [0.25, 0.3) is 5.91 Å². The molecule has 0 saturated carbocycles. The minimum atomic E-state index is -0.703. The van der Waals surface area contributed by atoms with E-state index < -0.39 is 23.8 Å². The molecule has 7 heteroatoms. The SMILES string of the molecule is Cc1ncc(N)cc1C(=O)N1CC(=O)NC(=O)C1C. The van der Waals surface area contributed by atoms with Gasteiger partial charge in [-0.1, -0.05) is 0 Å². The number of hydrogen-bond donors (Lipinski definition) is 2. The predicted octanol–water partition coefficient (Wildman–Crippen LogP) is -0.541. The average molecular weight is 262 g/mol. The first-order valence-electron chi connectivity index (χ1n) is 5.77. The van der Waals surface area contributed by atoms with Crippen molar-refractivity contribution in [2.75, 3.05) is 12.3 Å². The first-order chi connectivity index (χ1) is 8.90. The quantitative estimate of drug-likeness (QED) is 0.661. The van der Waals surface area contributed by atoms with E-state index in [9.17, 15) is 14.4 Å². The number of carbonyl (C=O) groups is 3. The molecule has 1 atom stereocenters. The highest BCUT2D eigenvalue weighted by atomic mass is 16.2. The Kier molecular flexibility index (Phi) is 3.20. The summed E-state index contributed by atoms with van der Waals surface area (Å²) in [7, 11) is 0. The Morgan fingerprint density at radius 2 is 2.21 bits per heavy atom. The van der Waals surface area contributed by atoms with E-state index in [1.807, 2.05) is 0 Å². The van der Waals surface area contributed by atoms with Gasteiger partial charge in [-0.3, -0.25) is 24.7 Å². The molecule has 0 bridgehead atoms. The van der Waals surface area contributed by atoms with E-state index in [-0.39, 0.29) is 6.54 Å². The van der Waals surface area contributed by atoms with Crippen LogP contribution >= 0.6 is 0 Å². The van der Waals surface area contributed by atoms with Crippen LogP contribution in [-0.2, 0) is 9.59 Å². The van der Waals surface area contributed by atoms with Crippen LogP contribution in [0.3, 0.4) is 0 Å². The maximum atomic E-state index is 12.4. The third kappa shape index (κ3) is 2.40. The van der Waals surface area contributed by atoms with Gasteiger partial charge in [0.1, 0.15) is 12.6 Å². The summed E-state index contributed by atoms with van der Waals surface area (Å²) in [5, 5.41) is 2.18. The zero-order valence-corrected chi connectivity index (χ0v) is 10.6. The normalized spacial score (nSPS) is 19.3. The number of nitrogen functional groups attached to an aromatic ring is 1. The summed E-state index contributed by atoms with van der Waals surface area (Å²) in [4.78, 5) is 40.5. The number of anilines is 1. The monoisotopic (exact) mass is 262 g/mol. The zero-order valence-electron chi connectivity index (χ0n) is 10.6. The molecule has 2 heterocycles. The lowest BCUT2D eigenvalue weighted by Crippen LogP contribution is -2.58. The van der Waals surface area contributed by atoms with Gasteiger partial charge in [-0.25, -0.2) is 0 Å². The number of nitrogens with zero attached hydrogens (tertiary/aromatic N) is 2. The van der Waals surface area contributed by atoms with Crippen molar-refractivity contribution in [1.82, 2.24) is 15.2 Å². The third-order valence-corrected chi connectivity index (χ3v) is 3.02. The second-order valence-corrected chi connectivity index (χ2v) is 4.42. The molecule has 0 radical (unpaired) electrons. The van der Waals surface area contributed by atoms with Crippen molar-refractivity contribution in [2.24, 2.45) is 0 Å². The number of rotatable bonds is 1. The van der Waals surface area contributed by atoms with Crippen LogP contribution < -0.4 is 11.1 Å². The summed E-state index contributed by atoms with van der Waals surface area (Å²) >= 11 is 0. The highest BCUT2D eigenvalue weighted by Gasteiger charge is 2.34. The van der Waals surface area contributed by atoms with Gasteiger partial charge in [0.15, 0.2) is 0 Å². The van der Waals surface area contributed by atoms with E-state index >= 15 is 0 Å². The number of nitrogens with one attached hydrogen (secondary N) is 1. The standard InChI is InChI=1S/C12H14N4O3/c1-6-9(3-8(13)4-14-6)12(19)16-5-10(17)15-11(18)7(16)2/h3-4,7H,5,13H2,1-2H3,(H,15,17,18). The van der Waals surface area contributed by atoms with Crippen LogP contribution in [0.4, 0.5) is 5.69 Å². The highest BCUT2D eigenvalue weighted by Crippen LogP contribution is 2.15. The van der Waals surface area contributed by atoms with Gasteiger partial charge >= 0.3 is 0 Å². The largest absolute Gasteiger partial charge is 0.397 e. The Morgan fingerprint density at radius 3 is 2.89 bits per heavy atom. The van der Waals surface area contributed by atoms with Crippen LogP contribution in [0.25, 0.3) is 0 Å². The smallest absolute Gasteiger partial charge is 0.256 e. The van der Waals surface area contributed by atoms with Crippen LogP contribution in [0.5, 0.6) is 0 Å². The van der Waals surface area contributed by atoms with Crippen molar-refractivity contribution in [1.29, 1.82) is 0 Å². The Balaban J connectivity index is 2.35. The Bertz CT molecular complexity index is 570. The third-order valence-electron chi connectivity index (χ3n) is 3.02. The maximum absolute atomic E-state index is 12.4. The Hall–Kier alpha value is -2.44. The van der Waals surface area contributed by atoms with Gasteiger partial charge in [0.05, 0.1) is 23.1 Å². The van der Waals surface area contributed by atoms with E-state index in [1.54, 1.807) is 13.8 Å². The van der Waals surface area contributed by atoms with Gasteiger partial charge < -0.3 is 10.6 Å². The zero-order chi connectivity index (χ0) is 14.2. The van der Waals surface area contributed by atoms with Crippen LogP contribution in [-0.4, -0.2) is 40.2 Å². The second-order valence-electron chi connectivity index (χ2n) is 4.42. The molecular formula is C12H14N4O3. The fraction of sp³-hybridized carbons (Fsp3) is 0.333. The second kappa shape index (κ2) is 4.68. The molecule has 1 aromatic rings. The predicted molar refractivity (Wildman–Crippen MR) is 67.0 cm³/mol. The number of amides is 3. The van der Waals surface area contributed by atoms with Crippen LogP contribution in [0.2, 0.25) is 0 Å². The molecule has 2 rings (SSSR count). The lowest BCUT2D eigenvalue weighted by molar-refractivity contribution is -0.138. The maximum Gasteiger partial charge on any atom is 0.256 e. The molecular weight excluding hydrogens is 248 g/mol. The molecule has 0 aromatic carbocycles. The van der Waals surface area contributed by atoms with E-state index in [2.05, 4.69) is 10.3 Å². The van der Waals surface area contributed by atoms with Gasteiger partial charge in [0, 0.05) is 0 Å². The van der Waals surface area contributed by atoms with Gasteiger partial charge in [-0.15, -0.1) is 0 Å². The van der Waals surface area contributed by atoms with Crippen molar-refractivity contribution < 1.29 is 14.4 Å². The van der Waals surface area contributed by atoms with Crippen LogP contribution in [0.1, 0.15) is 23.0 Å². The highest BCUT2D eigenvalue weighted by molar-refractivity contribution is 6.07. The number of hydrogen-bond acceptors (Lipinski definition) is 5. The fourth-order valence-corrected chi connectivity index (χ4v) is 1.88. The molecule has 1 aromatic heterocycles. The number of nitrogens with two attached hydrogens (primary N) is 1. The summed E-state index contributed by atoms with van der Waals surface area (Å²) in [5.74, 6) is -1.40. The topological polar surface area (TPSA) is 105 Å². The van der Waals surface area contributed by atoms with E-state index in [4.69, 9.17) is 5.73 Å². The van der Waals surface area contributed by atoms with Crippen molar-refractivity contribution >= 4 is 23.4 Å². The number of pyridine rings is 1. The van der Waals surface area contributed by atoms with E-state index in [0.29, 0.717) is 16.9 Å². The molecule has 1 fully saturated rings. The van der Waals surface area contributed by atoms with Crippen molar-refractivity contribution in [3.8, 4) is 0 Å². The number of carbonyl (C=O) groups excluding carboxylic acids is 3. The molecule has 3 N–H and O–H groups in total. The van der Waals surface area contributed by atoms with Crippen LogP contribution in [0.15, 0.2) is 12.3 Å².